The SMILES string of the molecule is Nc1nc(N)nc(NCCCCCO)n1. The number of nitrogens with zero attached hydrogens (tertiary/aromatic N) is 3. The van der Waals surface area contributed by atoms with Gasteiger partial charge in [0.2, 0.25) is 17.8 Å². The molecule has 0 saturated carbocycles. The minimum Gasteiger partial charge on any atom is -0.396 e. The Morgan fingerprint density at radius 3 is 2.27 bits per heavy atom. The molecule has 0 atom stereocenters. The van der Waals surface area contributed by atoms with Crippen molar-refractivity contribution in [2.75, 3.05) is 29.9 Å². The lowest BCUT2D eigenvalue weighted by Gasteiger charge is -2.04. The highest BCUT2D eigenvalue weighted by atomic mass is 16.2. The molecular weight excluding hydrogens is 196 g/mol. The van der Waals surface area contributed by atoms with Gasteiger partial charge in [0.25, 0.3) is 0 Å². The number of hydrogen-bond acceptors (Lipinski definition) is 7. The maximum Gasteiger partial charge on any atom is 0.229 e. The van der Waals surface area contributed by atoms with Gasteiger partial charge in [0.1, 0.15) is 0 Å². The van der Waals surface area contributed by atoms with Gasteiger partial charge in [-0.25, -0.2) is 0 Å². The molecule has 7 heteroatoms. The number of hydrogen-bond donors (Lipinski definition) is 4. The molecule has 0 bridgehead atoms. The first-order valence-electron chi connectivity index (χ1n) is 4.84. The Kier molecular flexibility index (Phi) is 4.55. The summed E-state index contributed by atoms with van der Waals surface area (Å²) < 4.78 is 0. The second-order valence-electron chi connectivity index (χ2n) is 3.09. The van der Waals surface area contributed by atoms with Gasteiger partial charge in [-0.15, -0.1) is 0 Å². The normalized spacial score (nSPS) is 10.2. The first kappa shape index (κ1) is 11.4. The van der Waals surface area contributed by atoms with E-state index in [0.717, 1.165) is 25.8 Å². The van der Waals surface area contributed by atoms with Gasteiger partial charge < -0.3 is 21.9 Å². The minimum absolute atomic E-state index is 0.111. The largest absolute Gasteiger partial charge is 0.396 e. The fourth-order valence-electron chi connectivity index (χ4n) is 1.10. The minimum atomic E-state index is 0.111. The molecule has 0 fully saturated rings. The lowest BCUT2D eigenvalue weighted by atomic mass is 10.2. The van der Waals surface area contributed by atoms with Gasteiger partial charge in [0.05, 0.1) is 0 Å². The van der Waals surface area contributed by atoms with E-state index in [1.165, 1.54) is 0 Å². The molecule has 1 aromatic rings. The smallest absolute Gasteiger partial charge is 0.229 e. The Labute approximate surface area is 87.9 Å². The van der Waals surface area contributed by atoms with Crippen LogP contribution in [0, 0.1) is 0 Å². The Morgan fingerprint density at radius 2 is 1.67 bits per heavy atom. The maximum atomic E-state index is 8.57. The monoisotopic (exact) mass is 212 g/mol. The molecule has 0 spiro atoms. The molecule has 1 aromatic heterocycles. The molecule has 0 aliphatic carbocycles. The van der Waals surface area contributed by atoms with Crippen LogP contribution in [0.5, 0.6) is 0 Å². The van der Waals surface area contributed by atoms with Gasteiger partial charge in [0, 0.05) is 13.2 Å². The van der Waals surface area contributed by atoms with E-state index in [2.05, 4.69) is 20.3 Å². The third-order valence-corrected chi connectivity index (χ3v) is 1.79. The molecule has 0 aliphatic rings. The first-order chi connectivity index (χ1) is 7.22. The highest BCUT2D eigenvalue weighted by Gasteiger charge is 1.99. The summed E-state index contributed by atoms with van der Waals surface area (Å²) in [5.41, 5.74) is 10.8. The van der Waals surface area contributed by atoms with E-state index in [4.69, 9.17) is 16.6 Å². The van der Waals surface area contributed by atoms with Gasteiger partial charge in [-0.1, -0.05) is 0 Å². The van der Waals surface area contributed by atoms with Gasteiger partial charge in [0.15, 0.2) is 0 Å². The predicted molar refractivity (Wildman–Crippen MR) is 58.1 cm³/mol. The molecule has 15 heavy (non-hydrogen) atoms. The van der Waals surface area contributed by atoms with Gasteiger partial charge in [-0.3, -0.25) is 0 Å². The van der Waals surface area contributed by atoms with E-state index in [1.807, 2.05) is 0 Å². The zero-order valence-corrected chi connectivity index (χ0v) is 8.48. The second kappa shape index (κ2) is 5.97. The van der Waals surface area contributed by atoms with Crippen molar-refractivity contribution >= 4 is 17.8 Å². The molecule has 0 aliphatic heterocycles. The summed E-state index contributed by atoms with van der Waals surface area (Å²) in [5, 5.41) is 11.6. The number of aromatic nitrogens is 3. The van der Waals surface area contributed by atoms with E-state index >= 15 is 0 Å². The van der Waals surface area contributed by atoms with Crippen LogP contribution in [-0.2, 0) is 0 Å². The lowest BCUT2D eigenvalue weighted by molar-refractivity contribution is 0.283. The summed E-state index contributed by atoms with van der Waals surface area (Å²) in [5.74, 6) is 0.615. The summed E-state index contributed by atoms with van der Waals surface area (Å²) in [7, 11) is 0. The quantitative estimate of drug-likeness (QED) is 0.473. The number of aliphatic hydroxyl groups excluding tert-OH is 1. The van der Waals surface area contributed by atoms with E-state index in [9.17, 15) is 0 Å². The standard InChI is InChI=1S/C8H16N6O/c9-6-12-7(10)14-8(13-6)11-4-2-1-3-5-15/h15H,1-5H2,(H5,9,10,11,12,13,14). The molecule has 84 valence electrons. The first-order valence-corrected chi connectivity index (χ1v) is 4.84. The van der Waals surface area contributed by atoms with Crippen molar-refractivity contribution < 1.29 is 5.11 Å². The third-order valence-electron chi connectivity index (χ3n) is 1.79. The van der Waals surface area contributed by atoms with Crippen LogP contribution in [-0.4, -0.2) is 33.2 Å². The van der Waals surface area contributed by atoms with Crippen molar-refractivity contribution in [3.63, 3.8) is 0 Å². The zero-order valence-electron chi connectivity index (χ0n) is 8.48. The number of nitrogens with one attached hydrogen (secondary N) is 1. The van der Waals surface area contributed by atoms with E-state index in [0.29, 0.717) is 5.95 Å². The number of anilines is 3. The summed E-state index contributed by atoms with van der Waals surface area (Å²) >= 11 is 0. The Morgan fingerprint density at radius 1 is 1.00 bits per heavy atom. The Hall–Kier alpha value is -1.63. The summed E-state index contributed by atoms with van der Waals surface area (Å²) in [6.45, 7) is 0.953. The molecule has 0 radical (unpaired) electrons. The zero-order chi connectivity index (χ0) is 11.1. The number of unbranched alkanes of at least 4 members (excludes halogenated alkanes) is 2. The van der Waals surface area contributed by atoms with Crippen LogP contribution in [0.25, 0.3) is 0 Å². The second-order valence-corrected chi connectivity index (χ2v) is 3.09. The Bertz CT molecular complexity index is 285. The van der Waals surface area contributed by atoms with Crippen LogP contribution in [0.4, 0.5) is 17.8 Å². The van der Waals surface area contributed by atoms with Crippen molar-refractivity contribution in [3.05, 3.63) is 0 Å². The van der Waals surface area contributed by atoms with Gasteiger partial charge >= 0.3 is 0 Å². The number of nitrogens with two attached hydrogens (primary N) is 2. The van der Waals surface area contributed by atoms with Crippen molar-refractivity contribution in [3.8, 4) is 0 Å². The average Bonchev–Trinajstić information content (AvgIpc) is 2.16. The maximum absolute atomic E-state index is 8.57. The number of rotatable bonds is 6. The topological polar surface area (TPSA) is 123 Å². The number of aliphatic hydroxyl groups is 1. The molecular formula is C8H16N6O. The number of nitrogen functional groups attached to an aromatic ring is 2. The fourth-order valence-corrected chi connectivity index (χ4v) is 1.10. The van der Waals surface area contributed by atoms with Gasteiger partial charge in [-0.2, -0.15) is 15.0 Å². The average molecular weight is 212 g/mol. The van der Waals surface area contributed by atoms with Crippen molar-refractivity contribution in [2.24, 2.45) is 0 Å². The van der Waals surface area contributed by atoms with Crippen LogP contribution in [0.3, 0.4) is 0 Å². The summed E-state index contributed by atoms with van der Waals surface area (Å²) in [6, 6.07) is 0. The molecule has 1 heterocycles. The third kappa shape index (κ3) is 4.41. The van der Waals surface area contributed by atoms with E-state index in [-0.39, 0.29) is 18.5 Å². The summed E-state index contributed by atoms with van der Waals surface area (Å²) in [4.78, 5) is 11.4. The van der Waals surface area contributed by atoms with Crippen LogP contribution >= 0.6 is 0 Å². The lowest BCUT2D eigenvalue weighted by Crippen LogP contribution is -2.10. The molecule has 0 amide bonds. The van der Waals surface area contributed by atoms with Crippen LogP contribution in [0.2, 0.25) is 0 Å². The molecule has 1 rings (SSSR count). The van der Waals surface area contributed by atoms with Crippen LogP contribution in [0.15, 0.2) is 0 Å². The molecule has 0 saturated heterocycles. The van der Waals surface area contributed by atoms with Crippen LogP contribution in [0.1, 0.15) is 19.3 Å². The summed E-state index contributed by atoms with van der Waals surface area (Å²) in [6.07, 6.45) is 2.70. The predicted octanol–water partition coefficient (Wildman–Crippen LogP) is -0.390. The van der Waals surface area contributed by atoms with Crippen molar-refractivity contribution in [2.45, 2.75) is 19.3 Å². The molecule has 0 aromatic carbocycles. The van der Waals surface area contributed by atoms with Crippen LogP contribution < -0.4 is 16.8 Å². The Balaban J connectivity index is 2.31. The highest BCUT2D eigenvalue weighted by Crippen LogP contribution is 2.03. The van der Waals surface area contributed by atoms with Crippen molar-refractivity contribution in [1.82, 2.24) is 15.0 Å². The van der Waals surface area contributed by atoms with E-state index < -0.39 is 0 Å². The highest BCUT2D eigenvalue weighted by molar-refractivity contribution is 5.36. The fraction of sp³-hybridized carbons (Fsp3) is 0.625. The molecule has 7 nitrogen and oxygen atoms in total. The van der Waals surface area contributed by atoms with Gasteiger partial charge in [-0.05, 0) is 19.3 Å². The molecule has 6 N–H and O–H groups in total. The van der Waals surface area contributed by atoms with E-state index in [1.54, 1.807) is 0 Å². The van der Waals surface area contributed by atoms with Crippen molar-refractivity contribution in [1.29, 1.82) is 0 Å². The molecule has 0 unspecified atom stereocenters.